The van der Waals surface area contributed by atoms with Gasteiger partial charge in [0.25, 0.3) is 0 Å². The first-order chi connectivity index (χ1) is 7.31. The van der Waals surface area contributed by atoms with Crippen molar-refractivity contribution in [2.45, 2.75) is 45.8 Å². The number of carbonyl (C=O) groups excluding carboxylic acids is 1. The van der Waals surface area contributed by atoms with Crippen molar-refractivity contribution >= 4 is 5.97 Å². The Balaban J connectivity index is 4.33. The van der Waals surface area contributed by atoms with E-state index in [9.17, 15) is 9.90 Å². The first-order valence-corrected chi connectivity index (χ1v) is 5.42. The average molecular weight is 230 g/mol. The van der Waals surface area contributed by atoms with E-state index in [4.69, 9.17) is 9.84 Å². The molecule has 0 aromatic carbocycles. The summed E-state index contributed by atoms with van der Waals surface area (Å²) in [7, 11) is 0. The van der Waals surface area contributed by atoms with Crippen LogP contribution < -0.4 is 0 Å². The van der Waals surface area contributed by atoms with E-state index in [2.05, 4.69) is 6.58 Å². The van der Waals surface area contributed by atoms with Gasteiger partial charge in [0, 0.05) is 12.8 Å². The zero-order valence-electron chi connectivity index (χ0n) is 10.3. The van der Waals surface area contributed by atoms with Crippen LogP contribution in [0.5, 0.6) is 0 Å². The van der Waals surface area contributed by atoms with E-state index < -0.39 is 17.6 Å². The van der Waals surface area contributed by atoms with Gasteiger partial charge in [-0.3, -0.25) is 4.79 Å². The molecule has 0 fully saturated rings. The molecule has 0 aromatic heterocycles. The van der Waals surface area contributed by atoms with Gasteiger partial charge in [0.05, 0.1) is 18.1 Å². The lowest BCUT2D eigenvalue weighted by Crippen LogP contribution is -2.31. The van der Waals surface area contributed by atoms with Crippen LogP contribution >= 0.6 is 0 Å². The summed E-state index contributed by atoms with van der Waals surface area (Å²) in [5.41, 5.74) is -0.566. The standard InChI is InChI=1S/C12H22O4/c1-5-6-10(7-9(14)8-13)16-11(15)12(2,3)4/h5,9-10,13-14H,1,6-8H2,2-4H3/t9-,10+/m1/s1. The Kier molecular flexibility index (Phi) is 6.29. The molecule has 4 nitrogen and oxygen atoms in total. The average Bonchev–Trinajstić information content (AvgIpc) is 2.16. The van der Waals surface area contributed by atoms with Gasteiger partial charge in [-0.2, -0.15) is 0 Å². The van der Waals surface area contributed by atoms with Crippen LogP contribution in [0.3, 0.4) is 0 Å². The van der Waals surface area contributed by atoms with Gasteiger partial charge in [0.15, 0.2) is 0 Å². The third-order valence-corrected chi connectivity index (χ3v) is 2.06. The maximum atomic E-state index is 11.6. The van der Waals surface area contributed by atoms with E-state index in [0.29, 0.717) is 6.42 Å². The summed E-state index contributed by atoms with van der Waals surface area (Å²) in [6.45, 7) is 8.53. The van der Waals surface area contributed by atoms with E-state index in [-0.39, 0.29) is 19.0 Å². The van der Waals surface area contributed by atoms with Crippen molar-refractivity contribution in [1.29, 1.82) is 0 Å². The Morgan fingerprint density at radius 3 is 2.44 bits per heavy atom. The maximum absolute atomic E-state index is 11.6. The van der Waals surface area contributed by atoms with Gasteiger partial charge >= 0.3 is 5.97 Å². The van der Waals surface area contributed by atoms with E-state index in [1.54, 1.807) is 26.8 Å². The molecular formula is C12H22O4. The Morgan fingerprint density at radius 2 is 2.06 bits per heavy atom. The third kappa shape index (κ3) is 5.88. The summed E-state index contributed by atoms with van der Waals surface area (Å²) in [5, 5.41) is 18.0. The molecule has 2 atom stereocenters. The molecule has 0 saturated carbocycles. The molecule has 4 heteroatoms. The second-order valence-corrected chi connectivity index (χ2v) is 4.87. The molecule has 0 bridgehead atoms. The zero-order valence-corrected chi connectivity index (χ0v) is 10.3. The van der Waals surface area contributed by atoms with Gasteiger partial charge in [-0.1, -0.05) is 6.08 Å². The van der Waals surface area contributed by atoms with Crippen molar-refractivity contribution < 1.29 is 19.7 Å². The highest BCUT2D eigenvalue weighted by atomic mass is 16.5. The minimum absolute atomic E-state index is 0.227. The number of ether oxygens (including phenoxy) is 1. The quantitative estimate of drug-likeness (QED) is 0.532. The molecule has 0 spiro atoms. The van der Waals surface area contributed by atoms with Crippen LogP contribution in [0.1, 0.15) is 33.6 Å². The molecule has 0 rings (SSSR count). The molecular weight excluding hydrogens is 208 g/mol. The summed E-state index contributed by atoms with van der Waals surface area (Å²) >= 11 is 0. The Morgan fingerprint density at radius 1 is 1.50 bits per heavy atom. The van der Waals surface area contributed by atoms with Crippen molar-refractivity contribution in [3.8, 4) is 0 Å². The van der Waals surface area contributed by atoms with Crippen molar-refractivity contribution in [2.24, 2.45) is 5.41 Å². The highest BCUT2D eigenvalue weighted by Gasteiger charge is 2.26. The summed E-state index contributed by atoms with van der Waals surface area (Å²) in [5.74, 6) is -0.315. The highest BCUT2D eigenvalue weighted by Crippen LogP contribution is 2.19. The molecule has 0 unspecified atom stereocenters. The van der Waals surface area contributed by atoms with Crippen LogP contribution in [0.4, 0.5) is 0 Å². The molecule has 0 aliphatic rings. The predicted molar refractivity (Wildman–Crippen MR) is 61.9 cm³/mol. The van der Waals surface area contributed by atoms with E-state index in [1.165, 1.54) is 0 Å². The molecule has 16 heavy (non-hydrogen) atoms. The third-order valence-electron chi connectivity index (χ3n) is 2.06. The lowest BCUT2D eigenvalue weighted by molar-refractivity contribution is -0.160. The van der Waals surface area contributed by atoms with Gasteiger partial charge in [-0.15, -0.1) is 6.58 Å². The molecule has 0 aliphatic carbocycles. The summed E-state index contributed by atoms with van der Waals surface area (Å²) in [6, 6.07) is 0. The van der Waals surface area contributed by atoms with Gasteiger partial charge in [-0.25, -0.2) is 0 Å². The van der Waals surface area contributed by atoms with Crippen LogP contribution in [0.25, 0.3) is 0 Å². The largest absolute Gasteiger partial charge is 0.462 e. The van der Waals surface area contributed by atoms with Crippen molar-refractivity contribution in [3.05, 3.63) is 12.7 Å². The molecule has 0 aromatic rings. The lowest BCUT2D eigenvalue weighted by atomic mass is 9.97. The van der Waals surface area contributed by atoms with E-state index >= 15 is 0 Å². The van der Waals surface area contributed by atoms with Crippen LogP contribution in [-0.4, -0.2) is 35.0 Å². The molecule has 0 amide bonds. The van der Waals surface area contributed by atoms with Crippen LogP contribution in [0.15, 0.2) is 12.7 Å². The Bertz CT molecular complexity index is 230. The van der Waals surface area contributed by atoms with Crippen molar-refractivity contribution in [1.82, 2.24) is 0 Å². The van der Waals surface area contributed by atoms with Gasteiger partial charge in [-0.05, 0) is 20.8 Å². The number of rotatable bonds is 6. The first-order valence-electron chi connectivity index (χ1n) is 5.42. The molecule has 94 valence electrons. The number of aliphatic hydroxyl groups is 2. The van der Waals surface area contributed by atoms with Crippen LogP contribution in [0, 0.1) is 5.41 Å². The zero-order chi connectivity index (χ0) is 12.8. The first kappa shape index (κ1) is 15.1. The van der Waals surface area contributed by atoms with Crippen molar-refractivity contribution in [3.63, 3.8) is 0 Å². The second kappa shape index (κ2) is 6.66. The molecule has 0 radical (unpaired) electrons. The fourth-order valence-corrected chi connectivity index (χ4v) is 1.08. The van der Waals surface area contributed by atoms with Crippen LogP contribution in [-0.2, 0) is 9.53 Å². The normalized spacial score (nSPS) is 15.3. The number of aliphatic hydroxyl groups excluding tert-OH is 2. The smallest absolute Gasteiger partial charge is 0.311 e. The SMILES string of the molecule is C=CC[C@@H](C[C@@H](O)CO)OC(=O)C(C)(C)C. The van der Waals surface area contributed by atoms with E-state index in [0.717, 1.165) is 0 Å². The van der Waals surface area contributed by atoms with Gasteiger partial charge < -0.3 is 14.9 Å². The Hall–Kier alpha value is -0.870. The minimum atomic E-state index is -0.863. The molecule has 0 aliphatic heterocycles. The topological polar surface area (TPSA) is 66.8 Å². The number of carbonyl (C=O) groups is 1. The fourth-order valence-electron chi connectivity index (χ4n) is 1.08. The Labute approximate surface area is 96.9 Å². The van der Waals surface area contributed by atoms with Gasteiger partial charge in [0.2, 0.25) is 0 Å². The maximum Gasteiger partial charge on any atom is 0.311 e. The van der Waals surface area contributed by atoms with Gasteiger partial charge in [0.1, 0.15) is 6.10 Å². The second-order valence-electron chi connectivity index (χ2n) is 4.87. The molecule has 0 saturated heterocycles. The molecule has 2 N–H and O–H groups in total. The van der Waals surface area contributed by atoms with E-state index in [1.807, 2.05) is 0 Å². The summed E-state index contributed by atoms with van der Waals surface area (Å²) < 4.78 is 5.25. The number of esters is 1. The fraction of sp³-hybridized carbons (Fsp3) is 0.750. The molecule has 0 heterocycles. The predicted octanol–water partition coefficient (Wildman–Crippen LogP) is 1.26. The summed E-state index contributed by atoms with van der Waals surface area (Å²) in [6.07, 6.45) is 1.04. The number of hydrogen-bond acceptors (Lipinski definition) is 4. The van der Waals surface area contributed by atoms with Crippen molar-refractivity contribution in [2.75, 3.05) is 6.61 Å². The summed E-state index contributed by atoms with van der Waals surface area (Å²) in [4.78, 5) is 11.6. The van der Waals surface area contributed by atoms with Crippen LogP contribution in [0.2, 0.25) is 0 Å². The highest BCUT2D eigenvalue weighted by molar-refractivity contribution is 5.75. The lowest BCUT2D eigenvalue weighted by Gasteiger charge is -2.23. The number of hydrogen-bond donors (Lipinski definition) is 2. The monoisotopic (exact) mass is 230 g/mol. The minimum Gasteiger partial charge on any atom is -0.462 e.